The molecule has 0 aromatic carbocycles. The van der Waals surface area contributed by atoms with Gasteiger partial charge in [-0.25, -0.2) is 0 Å². The standard InChI is InChI=1S/C11H18N2OS/c1-6(10(12)15)13(2)11(14)9-7-4-3-5-8(7)9/h6-9H,3-5H2,1-2H3,(H2,12,15). The molecule has 0 aromatic heterocycles. The Labute approximate surface area is 96.0 Å². The molecule has 2 fully saturated rings. The van der Waals surface area contributed by atoms with Gasteiger partial charge in [0.25, 0.3) is 0 Å². The number of hydrogen-bond donors (Lipinski definition) is 1. The van der Waals surface area contributed by atoms with Crippen LogP contribution in [0.2, 0.25) is 0 Å². The fourth-order valence-electron chi connectivity index (χ4n) is 2.80. The Kier molecular flexibility index (Phi) is 2.71. The first kappa shape index (κ1) is 10.9. The summed E-state index contributed by atoms with van der Waals surface area (Å²) < 4.78 is 0. The van der Waals surface area contributed by atoms with E-state index in [1.165, 1.54) is 19.3 Å². The third-order valence-corrected chi connectivity index (χ3v) is 4.37. The summed E-state index contributed by atoms with van der Waals surface area (Å²) in [6, 6.07) is -0.117. The van der Waals surface area contributed by atoms with Crippen LogP contribution in [-0.4, -0.2) is 28.9 Å². The molecular weight excluding hydrogens is 208 g/mol. The highest BCUT2D eigenvalue weighted by molar-refractivity contribution is 7.80. The smallest absolute Gasteiger partial charge is 0.226 e. The van der Waals surface area contributed by atoms with E-state index in [0.29, 0.717) is 16.8 Å². The maximum absolute atomic E-state index is 12.1. The van der Waals surface area contributed by atoms with Gasteiger partial charge in [0, 0.05) is 13.0 Å². The molecule has 0 aliphatic heterocycles. The number of thiocarbonyl (C=S) groups is 1. The molecule has 1 amide bonds. The van der Waals surface area contributed by atoms with Gasteiger partial charge in [0.1, 0.15) is 0 Å². The van der Waals surface area contributed by atoms with E-state index in [4.69, 9.17) is 18.0 Å². The van der Waals surface area contributed by atoms with Crippen molar-refractivity contribution in [2.24, 2.45) is 23.5 Å². The van der Waals surface area contributed by atoms with Crippen molar-refractivity contribution in [3.05, 3.63) is 0 Å². The van der Waals surface area contributed by atoms with Crippen LogP contribution in [0.3, 0.4) is 0 Å². The van der Waals surface area contributed by atoms with Gasteiger partial charge in [-0.15, -0.1) is 0 Å². The van der Waals surface area contributed by atoms with E-state index in [9.17, 15) is 4.79 Å². The minimum Gasteiger partial charge on any atom is -0.392 e. The summed E-state index contributed by atoms with van der Waals surface area (Å²) in [5.41, 5.74) is 5.55. The Morgan fingerprint density at radius 1 is 1.47 bits per heavy atom. The van der Waals surface area contributed by atoms with Crippen molar-refractivity contribution >= 4 is 23.1 Å². The van der Waals surface area contributed by atoms with E-state index in [0.717, 1.165) is 0 Å². The van der Waals surface area contributed by atoms with E-state index in [1.807, 2.05) is 6.92 Å². The van der Waals surface area contributed by atoms with Gasteiger partial charge in [0.2, 0.25) is 5.91 Å². The van der Waals surface area contributed by atoms with Crippen molar-refractivity contribution in [1.82, 2.24) is 4.90 Å². The molecule has 0 radical (unpaired) electrons. The van der Waals surface area contributed by atoms with Crippen molar-refractivity contribution in [3.8, 4) is 0 Å². The summed E-state index contributed by atoms with van der Waals surface area (Å²) in [5.74, 6) is 1.85. The average molecular weight is 226 g/mol. The average Bonchev–Trinajstić information content (AvgIpc) is 2.68. The van der Waals surface area contributed by atoms with Gasteiger partial charge in [-0.2, -0.15) is 0 Å². The van der Waals surface area contributed by atoms with E-state index < -0.39 is 0 Å². The lowest BCUT2D eigenvalue weighted by atomic mass is 10.1. The minimum absolute atomic E-state index is 0.117. The second-order valence-electron chi connectivity index (χ2n) is 4.81. The maximum Gasteiger partial charge on any atom is 0.226 e. The predicted molar refractivity (Wildman–Crippen MR) is 63.3 cm³/mol. The molecule has 2 rings (SSSR count). The number of rotatable bonds is 3. The summed E-state index contributed by atoms with van der Waals surface area (Å²) in [5, 5.41) is 0. The van der Waals surface area contributed by atoms with E-state index in [-0.39, 0.29) is 17.9 Å². The number of hydrogen-bond acceptors (Lipinski definition) is 2. The SMILES string of the molecule is CC(C(N)=S)N(C)C(=O)C1C2CCCC21. The predicted octanol–water partition coefficient (Wildman–Crippen LogP) is 1.17. The minimum atomic E-state index is -0.117. The number of fused-ring (bicyclic) bond motifs is 1. The topological polar surface area (TPSA) is 46.3 Å². The Balaban J connectivity index is 1.94. The molecule has 0 heterocycles. The maximum atomic E-state index is 12.1. The number of nitrogens with two attached hydrogens (primary N) is 1. The van der Waals surface area contributed by atoms with Crippen molar-refractivity contribution < 1.29 is 4.79 Å². The number of carbonyl (C=O) groups is 1. The molecule has 0 spiro atoms. The Hall–Kier alpha value is -0.640. The lowest BCUT2D eigenvalue weighted by molar-refractivity contribution is -0.132. The highest BCUT2D eigenvalue weighted by Crippen LogP contribution is 2.58. The Bertz CT molecular complexity index is 295. The molecule has 2 N–H and O–H groups in total. The summed E-state index contributed by atoms with van der Waals surface area (Å²) in [7, 11) is 1.81. The van der Waals surface area contributed by atoms with Gasteiger partial charge in [-0.3, -0.25) is 4.79 Å². The first-order chi connectivity index (χ1) is 7.04. The van der Waals surface area contributed by atoms with E-state index in [2.05, 4.69) is 0 Å². The van der Waals surface area contributed by atoms with Gasteiger partial charge in [-0.1, -0.05) is 18.6 Å². The van der Waals surface area contributed by atoms with Crippen LogP contribution in [0.15, 0.2) is 0 Å². The molecule has 15 heavy (non-hydrogen) atoms. The fourth-order valence-corrected chi connectivity index (χ4v) is 2.96. The van der Waals surface area contributed by atoms with Crippen LogP contribution < -0.4 is 5.73 Å². The molecular formula is C11H18N2OS. The molecule has 0 aromatic rings. The third-order valence-electron chi connectivity index (χ3n) is 4.03. The molecule has 0 saturated heterocycles. The van der Waals surface area contributed by atoms with Gasteiger partial charge in [-0.05, 0) is 31.6 Å². The second kappa shape index (κ2) is 3.74. The van der Waals surface area contributed by atoms with E-state index >= 15 is 0 Å². The highest BCUT2D eigenvalue weighted by atomic mass is 32.1. The molecule has 3 atom stereocenters. The second-order valence-corrected chi connectivity index (χ2v) is 5.28. The van der Waals surface area contributed by atoms with Crippen LogP contribution in [0.25, 0.3) is 0 Å². The van der Waals surface area contributed by atoms with Crippen LogP contribution >= 0.6 is 12.2 Å². The number of nitrogens with zero attached hydrogens (tertiary/aromatic N) is 1. The van der Waals surface area contributed by atoms with Crippen molar-refractivity contribution in [3.63, 3.8) is 0 Å². The van der Waals surface area contributed by atoms with Gasteiger partial charge in [0.15, 0.2) is 0 Å². The van der Waals surface area contributed by atoms with Crippen molar-refractivity contribution in [1.29, 1.82) is 0 Å². The monoisotopic (exact) mass is 226 g/mol. The third kappa shape index (κ3) is 1.75. The van der Waals surface area contributed by atoms with Gasteiger partial charge < -0.3 is 10.6 Å². The van der Waals surface area contributed by atoms with E-state index in [1.54, 1.807) is 11.9 Å². The molecule has 2 aliphatic rings. The van der Waals surface area contributed by atoms with Crippen LogP contribution in [-0.2, 0) is 4.79 Å². The first-order valence-electron chi connectivity index (χ1n) is 5.60. The fraction of sp³-hybridized carbons (Fsp3) is 0.818. The normalized spacial score (nSPS) is 34.4. The Morgan fingerprint density at radius 3 is 2.47 bits per heavy atom. The van der Waals surface area contributed by atoms with Gasteiger partial charge in [0.05, 0.1) is 11.0 Å². The van der Waals surface area contributed by atoms with Crippen LogP contribution in [0, 0.1) is 17.8 Å². The lowest BCUT2D eigenvalue weighted by Crippen LogP contribution is -2.43. The van der Waals surface area contributed by atoms with Gasteiger partial charge >= 0.3 is 0 Å². The van der Waals surface area contributed by atoms with Crippen LogP contribution in [0.1, 0.15) is 26.2 Å². The number of likely N-dealkylation sites (N-methyl/N-ethyl adjacent to an activating group) is 1. The highest BCUT2D eigenvalue weighted by Gasteiger charge is 2.57. The number of amides is 1. The molecule has 3 unspecified atom stereocenters. The summed E-state index contributed by atoms with van der Waals surface area (Å²) in [6.45, 7) is 1.89. The molecule has 0 bridgehead atoms. The summed E-state index contributed by atoms with van der Waals surface area (Å²) in [6.07, 6.45) is 3.76. The van der Waals surface area contributed by atoms with Crippen LogP contribution in [0.4, 0.5) is 0 Å². The lowest BCUT2D eigenvalue weighted by Gasteiger charge is -2.24. The zero-order valence-electron chi connectivity index (χ0n) is 9.27. The quantitative estimate of drug-likeness (QED) is 0.735. The molecule has 84 valence electrons. The largest absolute Gasteiger partial charge is 0.392 e. The van der Waals surface area contributed by atoms with Crippen molar-refractivity contribution in [2.75, 3.05) is 7.05 Å². The Morgan fingerprint density at radius 2 is 2.00 bits per heavy atom. The zero-order valence-corrected chi connectivity index (χ0v) is 10.1. The molecule has 2 aliphatic carbocycles. The van der Waals surface area contributed by atoms with Crippen molar-refractivity contribution in [2.45, 2.75) is 32.2 Å². The molecule has 2 saturated carbocycles. The molecule has 3 nitrogen and oxygen atoms in total. The first-order valence-corrected chi connectivity index (χ1v) is 6.01. The molecule has 4 heteroatoms. The summed E-state index contributed by atoms with van der Waals surface area (Å²) in [4.78, 5) is 14.2. The number of carbonyl (C=O) groups excluding carboxylic acids is 1. The summed E-state index contributed by atoms with van der Waals surface area (Å²) >= 11 is 4.91. The zero-order chi connectivity index (χ0) is 11.2. The van der Waals surface area contributed by atoms with Crippen LogP contribution in [0.5, 0.6) is 0 Å².